The molecule has 1 saturated heterocycles. The number of nitrogens with zero attached hydrogens (tertiary/aromatic N) is 3. The fraction of sp³-hybridized carbons (Fsp3) is 0.143. The Kier molecular flexibility index (Phi) is 8.51. The number of carbonyl (C=O) groups is 2. The minimum atomic E-state index is -1.05. The molecule has 3 aromatic carbocycles. The first-order valence-corrected chi connectivity index (χ1v) is 13.1. The number of carboxylic acids is 1. The molecule has 1 N–H and O–H groups in total. The average molecular weight is 592 g/mol. The molecule has 0 spiro atoms. The zero-order valence-electron chi connectivity index (χ0n) is 20.5. The first kappa shape index (κ1) is 27.0. The van der Waals surface area contributed by atoms with E-state index in [-0.39, 0.29) is 18.1 Å². The average Bonchev–Trinajstić information content (AvgIpc) is 3.21. The second kappa shape index (κ2) is 12.0. The van der Waals surface area contributed by atoms with Gasteiger partial charge in [0, 0.05) is 12.1 Å². The summed E-state index contributed by atoms with van der Waals surface area (Å²) in [5, 5.41) is 19.0. The lowest BCUT2D eigenvalue weighted by atomic mass is 10.1. The molecule has 0 bridgehead atoms. The smallest absolute Gasteiger partial charge is 0.335 e. The largest absolute Gasteiger partial charge is 0.493 e. The van der Waals surface area contributed by atoms with Crippen LogP contribution in [0.25, 0.3) is 6.08 Å². The van der Waals surface area contributed by atoms with Gasteiger partial charge in [0.15, 0.2) is 16.7 Å². The van der Waals surface area contributed by atoms with Crippen LogP contribution in [-0.4, -0.2) is 40.7 Å². The van der Waals surface area contributed by atoms with Gasteiger partial charge < -0.3 is 14.6 Å². The van der Waals surface area contributed by atoms with Crippen molar-refractivity contribution < 1.29 is 24.2 Å². The van der Waals surface area contributed by atoms with Crippen molar-refractivity contribution in [3.63, 3.8) is 0 Å². The Labute approximate surface area is 232 Å². The number of ether oxygens (including phenoxy) is 2. The van der Waals surface area contributed by atoms with Crippen LogP contribution in [0.4, 0.5) is 5.69 Å². The number of amides is 1. The number of amidine groups is 1. The third-order valence-electron chi connectivity index (χ3n) is 5.58. The van der Waals surface area contributed by atoms with Crippen molar-refractivity contribution in [3.8, 4) is 17.6 Å². The molecule has 1 aliphatic rings. The molecule has 0 unspecified atom stereocenters. The van der Waals surface area contributed by atoms with Gasteiger partial charge in [0.25, 0.3) is 5.91 Å². The molecule has 0 atom stereocenters. The summed E-state index contributed by atoms with van der Waals surface area (Å²) in [4.78, 5) is 30.9. The molecular formula is C28H22BrN3O5S. The Hall–Kier alpha value is -4.07. The number of carboxylic acid groups (broad SMARTS) is 1. The Morgan fingerprint density at radius 2 is 2.00 bits per heavy atom. The van der Waals surface area contributed by atoms with Crippen molar-refractivity contribution in [1.82, 2.24) is 4.90 Å². The number of nitriles is 1. The fourth-order valence-corrected chi connectivity index (χ4v) is 5.35. The third kappa shape index (κ3) is 5.90. The number of halogens is 1. The van der Waals surface area contributed by atoms with Crippen LogP contribution >= 0.6 is 27.7 Å². The van der Waals surface area contributed by atoms with E-state index in [2.05, 4.69) is 27.0 Å². The van der Waals surface area contributed by atoms with Gasteiger partial charge in [-0.3, -0.25) is 9.69 Å². The highest BCUT2D eigenvalue weighted by Gasteiger charge is 2.32. The Morgan fingerprint density at radius 3 is 2.71 bits per heavy atom. The molecule has 1 amide bonds. The summed E-state index contributed by atoms with van der Waals surface area (Å²) >= 11 is 4.75. The van der Waals surface area contributed by atoms with Crippen molar-refractivity contribution in [2.24, 2.45) is 4.99 Å². The second-order valence-corrected chi connectivity index (χ2v) is 9.87. The van der Waals surface area contributed by atoms with E-state index in [0.717, 1.165) is 5.56 Å². The number of likely N-dealkylation sites (N-methyl/N-ethyl adjacent to an activating group) is 1. The summed E-state index contributed by atoms with van der Waals surface area (Å²) in [6.45, 7) is 2.44. The summed E-state index contributed by atoms with van der Waals surface area (Å²) in [7, 11) is 1.53. The van der Waals surface area contributed by atoms with Crippen LogP contribution in [0.2, 0.25) is 0 Å². The maximum absolute atomic E-state index is 13.1. The summed E-state index contributed by atoms with van der Waals surface area (Å²) in [6.07, 6.45) is 1.74. The predicted molar refractivity (Wildman–Crippen MR) is 150 cm³/mol. The van der Waals surface area contributed by atoms with E-state index in [1.54, 1.807) is 41.3 Å². The van der Waals surface area contributed by atoms with Crippen molar-refractivity contribution >= 4 is 56.5 Å². The molecule has 10 heteroatoms. The highest BCUT2D eigenvalue weighted by molar-refractivity contribution is 9.10. The molecule has 0 saturated carbocycles. The number of methoxy groups -OCH3 is 1. The van der Waals surface area contributed by atoms with Crippen molar-refractivity contribution in [3.05, 3.63) is 92.3 Å². The van der Waals surface area contributed by atoms with Gasteiger partial charge >= 0.3 is 5.97 Å². The number of aromatic carboxylic acids is 1. The van der Waals surface area contributed by atoms with Gasteiger partial charge in [0.05, 0.1) is 39.4 Å². The minimum absolute atomic E-state index is 0.121. The van der Waals surface area contributed by atoms with Crippen LogP contribution in [0.1, 0.15) is 34.0 Å². The molecule has 38 heavy (non-hydrogen) atoms. The van der Waals surface area contributed by atoms with E-state index in [0.29, 0.717) is 49.4 Å². The molecule has 192 valence electrons. The third-order valence-corrected chi connectivity index (χ3v) is 7.18. The molecule has 0 aromatic heterocycles. The second-order valence-electron chi connectivity index (χ2n) is 8.00. The van der Waals surface area contributed by atoms with E-state index in [1.165, 1.54) is 31.0 Å². The number of thioether (sulfide) groups is 1. The van der Waals surface area contributed by atoms with Crippen molar-refractivity contribution in [2.75, 3.05) is 13.7 Å². The number of rotatable bonds is 8. The highest BCUT2D eigenvalue weighted by Crippen LogP contribution is 2.40. The normalized spacial score (nSPS) is 15.1. The van der Waals surface area contributed by atoms with Gasteiger partial charge in [0.1, 0.15) is 6.61 Å². The summed E-state index contributed by atoms with van der Waals surface area (Å²) < 4.78 is 12.2. The molecule has 0 radical (unpaired) electrons. The minimum Gasteiger partial charge on any atom is -0.493 e. The summed E-state index contributed by atoms with van der Waals surface area (Å²) in [6, 6.07) is 19.2. The Bertz CT molecular complexity index is 1510. The maximum atomic E-state index is 13.1. The lowest BCUT2D eigenvalue weighted by Gasteiger charge is -2.14. The lowest BCUT2D eigenvalue weighted by molar-refractivity contribution is -0.122. The van der Waals surface area contributed by atoms with Gasteiger partial charge in [-0.1, -0.05) is 24.3 Å². The summed E-state index contributed by atoms with van der Waals surface area (Å²) in [5.74, 6) is -0.308. The van der Waals surface area contributed by atoms with Crippen LogP contribution in [0, 0.1) is 11.3 Å². The highest BCUT2D eigenvalue weighted by atomic mass is 79.9. The van der Waals surface area contributed by atoms with Gasteiger partial charge in [0.2, 0.25) is 0 Å². The molecule has 3 aromatic rings. The van der Waals surface area contributed by atoms with Gasteiger partial charge in [-0.25, -0.2) is 9.79 Å². The fourth-order valence-electron chi connectivity index (χ4n) is 3.71. The van der Waals surface area contributed by atoms with Crippen molar-refractivity contribution in [2.45, 2.75) is 13.5 Å². The first-order chi connectivity index (χ1) is 18.3. The number of benzene rings is 3. The Morgan fingerprint density at radius 1 is 1.21 bits per heavy atom. The van der Waals surface area contributed by atoms with Crippen molar-refractivity contribution in [1.29, 1.82) is 5.26 Å². The van der Waals surface area contributed by atoms with Crippen LogP contribution in [0.5, 0.6) is 11.5 Å². The maximum Gasteiger partial charge on any atom is 0.335 e. The Balaban J connectivity index is 1.61. The monoisotopic (exact) mass is 591 g/mol. The standard InChI is InChI=1S/C28H22BrN3O5S/c1-3-32-26(33)24(38-28(32)31-21-10-6-9-18(14-21)27(34)35)13-17-11-22(29)25(23(12-17)36-2)37-16-20-8-5-4-7-19(20)15-30/h4-14H,3,16H2,1-2H3,(H,34,35)/b24-13+,31-28?. The van der Waals surface area contributed by atoms with Gasteiger partial charge in [-0.2, -0.15) is 5.26 Å². The van der Waals surface area contributed by atoms with E-state index >= 15 is 0 Å². The predicted octanol–water partition coefficient (Wildman–Crippen LogP) is 6.23. The van der Waals surface area contributed by atoms with Gasteiger partial charge in [-0.15, -0.1) is 0 Å². The zero-order chi connectivity index (χ0) is 27.2. The quantitative estimate of drug-likeness (QED) is 0.309. The van der Waals surface area contributed by atoms with E-state index in [4.69, 9.17) is 9.47 Å². The topological polar surface area (TPSA) is 112 Å². The number of hydrogen-bond donors (Lipinski definition) is 1. The SMILES string of the molecule is CCN1C(=O)/C(=C\c2cc(Br)c(OCc3ccccc3C#N)c(OC)c2)SC1=Nc1cccc(C(=O)O)c1. The van der Waals surface area contributed by atoms with E-state index in [1.807, 2.05) is 25.1 Å². The van der Waals surface area contributed by atoms with Crippen LogP contribution in [0.3, 0.4) is 0 Å². The van der Waals surface area contributed by atoms with Crippen LogP contribution in [0.15, 0.2) is 75.0 Å². The van der Waals surface area contributed by atoms with Crippen LogP contribution in [-0.2, 0) is 11.4 Å². The zero-order valence-corrected chi connectivity index (χ0v) is 22.9. The number of aliphatic imine (C=N–C) groups is 1. The molecule has 0 aliphatic carbocycles. The van der Waals surface area contributed by atoms with E-state index in [9.17, 15) is 20.0 Å². The molecule has 1 aliphatic heterocycles. The molecule has 1 heterocycles. The molecule has 8 nitrogen and oxygen atoms in total. The number of carbonyl (C=O) groups excluding carboxylic acids is 1. The molecule has 1 fully saturated rings. The molecular weight excluding hydrogens is 570 g/mol. The lowest BCUT2D eigenvalue weighted by Crippen LogP contribution is -2.28. The van der Waals surface area contributed by atoms with Gasteiger partial charge in [-0.05, 0) is 82.7 Å². The first-order valence-electron chi connectivity index (χ1n) is 11.5. The molecule has 4 rings (SSSR count). The number of hydrogen-bond acceptors (Lipinski definition) is 7. The van der Waals surface area contributed by atoms with Crippen LogP contribution < -0.4 is 9.47 Å². The van der Waals surface area contributed by atoms with E-state index < -0.39 is 5.97 Å². The summed E-state index contributed by atoms with van der Waals surface area (Å²) in [5.41, 5.74) is 2.57.